The fraction of sp³-hybridized carbons (Fsp3) is 1.00. The van der Waals surface area contributed by atoms with Gasteiger partial charge in [-0.15, -0.1) is 0 Å². The Morgan fingerprint density at radius 2 is 1.85 bits per heavy atom. The molecule has 0 aromatic rings. The first kappa shape index (κ1) is 14.8. The SMILES string of the molecule is CC(C)NCC1CCCN(C2CCCC(C3CC3)C2)C1. The Hall–Kier alpha value is -0.0800. The average molecular weight is 278 g/mol. The molecule has 116 valence electrons. The first-order chi connectivity index (χ1) is 9.72. The van der Waals surface area contributed by atoms with Crippen LogP contribution in [-0.2, 0) is 0 Å². The first-order valence-electron chi connectivity index (χ1n) is 9.20. The third-order valence-corrected chi connectivity index (χ3v) is 5.86. The highest BCUT2D eigenvalue weighted by Gasteiger charge is 2.37. The van der Waals surface area contributed by atoms with Crippen LogP contribution >= 0.6 is 0 Å². The van der Waals surface area contributed by atoms with Crippen molar-refractivity contribution in [3.63, 3.8) is 0 Å². The molecule has 2 aliphatic carbocycles. The molecule has 3 unspecified atom stereocenters. The fourth-order valence-corrected chi connectivity index (χ4v) is 4.53. The number of piperidine rings is 1. The second-order valence-corrected chi connectivity index (χ2v) is 7.98. The van der Waals surface area contributed by atoms with Gasteiger partial charge in [0, 0.05) is 18.6 Å². The fourth-order valence-electron chi connectivity index (χ4n) is 4.53. The third kappa shape index (κ3) is 3.98. The summed E-state index contributed by atoms with van der Waals surface area (Å²) in [6.45, 7) is 8.50. The molecule has 3 aliphatic rings. The van der Waals surface area contributed by atoms with Gasteiger partial charge >= 0.3 is 0 Å². The Labute approximate surface area is 125 Å². The number of hydrogen-bond donors (Lipinski definition) is 1. The summed E-state index contributed by atoms with van der Waals surface area (Å²) in [5, 5.41) is 3.65. The van der Waals surface area contributed by atoms with Crippen molar-refractivity contribution >= 4 is 0 Å². The molecule has 3 rings (SSSR count). The summed E-state index contributed by atoms with van der Waals surface area (Å²) in [6, 6.07) is 1.57. The van der Waals surface area contributed by atoms with Crippen LogP contribution in [0, 0.1) is 17.8 Å². The van der Waals surface area contributed by atoms with Crippen LogP contribution in [0.15, 0.2) is 0 Å². The van der Waals surface area contributed by atoms with Crippen LogP contribution in [0.1, 0.15) is 65.2 Å². The number of rotatable bonds is 5. The molecule has 3 fully saturated rings. The summed E-state index contributed by atoms with van der Waals surface area (Å²) in [4.78, 5) is 2.87. The highest BCUT2D eigenvalue weighted by Crippen LogP contribution is 2.45. The molecule has 3 atom stereocenters. The first-order valence-corrected chi connectivity index (χ1v) is 9.20. The van der Waals surface area contributed by atoms with Crippen LogP contribution in [0.5, 0.6) is 0 Å². The maximum Gasteiger partial charge on any atom is 0.00981 e. The molecule has 2 saturated carbocycles. The van der Waals surface area contributed by atoms with E-state index in [2.05, 4.69) is 24.1 Å². The van der Waals surface area contributed by atoms with Crippen LogP contribution < -0.4 is 5.32 Å². The molecule has 2 heteroatoms. The lowest BCUT2D eigenvalue weighted by Gasteiger charge is -2.42. The number of likely N-dealkylation sites (tertiary alicyclic amines) is 1. The van der Waals surface area contributed by atoms with Crippen molar-refractivity contribution in [2.24, 2.45) is 17.8 Å². The molecule has 20 heavy (non-hydrogen) atoms. The van der Waals surface area contributed by atoms with E-state index < -0.39 is 0 Å². The van der Waals surface area contributed by atoms with E-state index in [0.29, 0.717) is 6.04 Å². The predicted octanol–water partition coefficient (Wildman–Crippen LogP) is 3.67. The van der Waals surface area contributed by atoms with Gasteiger partial charge in [0.2, 0.25) is 0 Å². The molecule has 0 radical (unpaired) electrons. The third-order valence-electron chi connectivity index (χ3n) is 5.86. The normalized spacial score (nSPS) is 36.5. The van der Waals surface area contributed by atoms with E-state index in [4.69, 9.17) is 0 Å². The van der Waals surface area contributed by atoms with E-state index >= 15 is 0 Å². The second kappa shape index (κ2) is 6.79. The molecule has 1 aliphatic heterocycles. The van der Waals surface area contributed by atoms with Crippen molar-refractivity contribution in [2.75, 3.05) is 19.6 Å². The van der Waals surface area contributed by atoms with Crippen LogP contribution in [-0.4, -0.2) is 36.6 Å². The van der Waals surface area contributed by atoms with Crippen LogP contribution in [0.25, 0.3) is 0 Å². The van der Waals surface area contributed by atoms with E-state index in [-0.39, 0.29) is 0 Å². The lowest BCUT2D eigenvalue weighted by molar-refractivity contribution is 0.0773. The minimum Gasteiger partial charge on any atom is -0.314 e. The van der Waals surface area contributed by atoms with Crippen molar-refractivity contribution in [1.82, 2.24) is 10.2 Å². The van der Waals surface area contributed by atoms with Gasteiger partial charge in [-0.1, -0.05) is 26.7 Å². The quantitative estimate of drug-likeness (QED) is 0.825. The van der Waals surface area contributed by atoms with Crippen molar-refractivity contribution in [2.45, 2.75) is 77.3 Å². The Bertz CT molecular complexity index is 298. The standard InChI is InChI=1S/C18H34N2/c1-14(2)19-12-15-5-4-10-20(13-15)18-7-3-6-17(11-18)16-8-9-16/h14-19H,3-13H2,1-2H3. The lowest BCUT2D eigenvalue weighted by atomic mass is 9.81. The molecular weight excluding hydrogens is 244 g/mol. The van der Waals surface area contributed by atoms with Crippen LogP contribution in [0.4, 0.5) is 0 Å². The number of nitrogens with zero attached hydrogens (tertiary/aromatic N) is 1. The van der Waals surface area contributed by atoms with Crippen molar-refractivity contribution < 1.29 is 0 Å². The zero-order valence-corrected chi connectivity index (χ0v) is 13.6. The smallest absolute Gasteiger partial charge is 0.00981 e. The predicted molar refractivity (Wildman–Crippen MR) is 85.9 cm³/mol. The van der Waals surface area contributed by atoms with Gasteiger partial charge in [0.25, 0.3) is 0 Å². The van der Waals surface area contributed by atoms with Gasteiger partial charge in [-0.25, -0.2) is 0 Å². The number of nitrogens with one attached hydrogen (secondary N) is 1. The summed E-state index contributed by atoms with van der Waals surface area (Å²) >= 11 is 0. The van der Waals surface area contributed by atoms with Crippen LogP contribution in [0.2, 0.25) is 0 Å². The molecule has 1 N–H and O–H groups in total. The molecule has 0 aromatic heterocycles. The monoisotopic (exact) mass is 278 g/mol. The van der Waals surface area contributed by atoms with E-state index in [9.17, 15) is 0 Å². The number of hydrogen-bond acceptors (Lipinski definition) is 2. The zero-order chi connectivity index (χ0) is 13.9. The molecule has 0 bridgehead atoms. The maximum atomic E-state index is 3.65. The topological polar surface area (TPSA) is 15.3 Å². The van der Waals surface area contributed by atoms with Crippen molar-refractivity contribution in [3.8, 4) is 0 Å². The molecule has 0 spiro atoms. The highest BCUT2D eigenvalue weighted by atomic mass is 15.2. The van der Waals surface area contributed by atoms with E-state index in [0.717, 1.165) is 23.8 Å². The minimum absolute atomic E-state index is 0.638. The van der Waals surface area contributed by atoms with Gasteiger partial charge in [0.05, 0.1) is 0 Å². The maximum absolute atomic E-state index is 3.65. The second-order valence-electron chi connectivity index (χ2n) is 7.98. The molecular formula is C18H34N2. The molecule has 1 heterocycles. The van der Waals surface area contributed by atoms with Gasteiger partial charge in [-0.3, -0.25) is 0 Å². The van der Waals surface area contributed by atoms with Gasteiger partial charge in [0.1, 0.15) is 0 Å². The van der Waals surface area contributed by atoms with Gasteiger partial charge in [0.15, 0.2) is 0 Å². The van der Waals surface area contributed by atoms with Gasteiger partial charge in [-0.2, -0.15) is 0 Å². The summed E-state index contributed by atoms with van der Waals surface area (Å²) in [5.74, 6) is 3.11. The Morgan fingerprint density at radius 1 is 1.00 bits per heavy atom. The van der Waals surface area contributed by atoms with Crippen molar-refractivity contribution in [1.29, 1.82) is 0 Å². The Kier molecular flexibility index (Phi) is 5.04. The van der Waals surface area contributed by atoms with Gasteiger partial charge < -0.3 is 10.2 Å². The van der Waals surface area contributed by atoms with E-state index in [1.165, 1.54) is 58.2 Å². The zero-order valence-electron chi connectivity index (χ0n) is 13.6. The largest absolute Gasteiger partial charge is 0.314 e. The van der Waals surface area contributed by atoms with E-state index in [1.54, 1.807) is 12.8 Å². The average Bonchev–Trinajstić information content (AvgIpc) is 3.30. The van der Waals surface area contributed by atoms with Crippen LogP contribution in [0.3, 0.4) is 0 Å². The Morgan fingerprint density at radius 3 is 2.60 bits per heavy atom. The highest BCUT2D eigenvalue weighted by molar-refractivity contribution is 4.90. The summed E-state index contributed by atoms with van der Waals surface area (Å²) in [5.41, 5.74) is 0. The summed E-state index contributed by atoms with van der Waals surface area (Å²) in [7, 11) is 0. The Balaban J connectivity index is 1.48. The molecule has 2 nitrogen and oxygen atoms in total. The summed E-state index contributed by atoms with van der Waals surface area (Å²) in [6.07, 6.45) is 12.0. The molecule has 1 saturated heterocycles. The van der Waals surface area contributed by atoms with E-state index in [1.807, 2.05) is 0 Å². The van der Waals surface area contributed by atoms with Crippen molar-refractivity contribution in [3.05, 3.63) is 0 Å². The molecule has 0 amide bonds. The van der Waals surface area contributed by atoms with Gasteiger partial charge in [-0.05, 0) is 69.4 Å². The summed E-state index contributed by atoms with van der Waals surface area (Å²) < 4.78 is 0. The molecule has 0 aromatic carbocycles. The minimum atomic E-state index is 0.638. The lowest BCUT2D eigenvalue weighted by Crippen LogP contribution is -2.47.